The highest BCUT2D eigenvalue weighted by molar-refractivity contribution is 5.94. The molecular formula is C28H36FN7O3. The maximum atomic E-state index is 14.7. The van der Waals surface area contributed by atoms with Crippen molar-refractivity contribution in [2.75, 3.05) is 18.4 Å². The molecule has 3 heterocycles. The molecule has 11 heteroatoms. The van der Waals surface area contributed by atoms with Gasteiger partial charge in [-0.05, 0) is 78.6 Å². The quantitative estimate of drug-likeness (QED) is 0.442. The Morgan fingerprint density at radius 3 is 2.51 bits per heavy atom. The van der Waals surface area contributed by atoms with Crippen LogP contribution in [0.1, 0.15) is 69.7 Å². The van der Waals surface area contributed by atoms with Crippen LogP contribution in [-0.4, -0.2) is 61.2 Å². The number of hydrogen-bond acceptors (Lipinski definition) is 7. The Labute approximate surface area is 228 Å². The summed E-state index contributed by atoms with van der Waals surface area (Å²) >= 11 is 0. The van der Waals surface area contributed by atoms with Gasteiger partial charge in [0.05, 0.1) is 18.1 Å². The van der Waals surface area contributed by atoms with E-state index in [9.17, 15) is 14.0 Å². The van der Waals surface area contributed by atoms with E-state index in [2.05, 4.69) is 25.6 Å². The van der Waals surface area contributed by atoms with Crippen LogP contribution in [-0.2, 0) is 4.74 Å². The normalized spacial score (nSPS) is 15.8. The number of carbonyl (C=O) groups is 2. The minimum atomic E-state index is -0.570. The Morgan fingerprint density at radius 1 is 1.13 bits per heavy atom. The molecule has 39 heavy (non-hydrogen) atoms. The molecule has 0 radical (unpaired) electrons. The van der Waals surface area contributed by atoms with Gasteiger partial charge >= 0.3 is 6.09 Å². The highest BCUT2D eigenvalue weighted by Crippen LogP contribution is 2.26. The molecule has 1 unspecified atom stereocenters. The first-order chi connectivity index (χ1) is 18.4. The molecule has 3 aromatic rings. The molecule has 208 valence electrons. The lowest BCUT2D eigenvalue weighted by molar-refractivity contribution is 0.0185. The molecule has 0 spiro atoms. The van der Waals surface area contributed by atoms with Gasteiger partial charge < -0.3 is 24.8 Å². The summed E-state index contributed by atoms with van der Waals surface area (Å²) in [5, 5.41) is 6.09. The highest BCUT2D eigenvalue weighted by Gasteiger charge is 2.28. The number of imidazole rings is 1. The first-order valence-electron chi connectivity index (χ1n) is 13.1. The fourth-order valence-electron chi connectivity index (χ4n) is 4.58. The lowest BCUT2D eigenvalue weighted by Crippen LogP contribution is -2.50. The smallest absolute Gasteiger partial charge is 0.410 e. The molecule has 1 saturated heterocycles. The van der Waals surface area contributed by atoms with Crippen LogP contribution in [0.4, 0.5) is 20.8 Å². The molecule has 0 bridgehead atoms. The molecule has 2 amide bonds. The van der Waals surface area contributed by atoms with E-state index in [4.69, 9.17) is 4.74 Å². The van der Waals surface area contributed by atoms with Crippen molar-refractivity contribution < 1.29 is 18.7 Å². The van der Waals surface area contributed by atoms with Crippen LogP contribution < -0.4 is 10.6 Å². The zero-order chi connectivity index (χ0) is 28.3. The van der Waals surface area contributed by atoms with Crippen molar-refractivity contribution in [1.82, 2.24) is 29.7 Å². The molecule has 10 nitrogen and oxygen atoms in total. The number of ether oxygens (including phenoxy) is 1. The maximum absolute atomic E-state index is 14.7. The van der Waals surface area contributed by atoms with Gasteiger partial charge in [-0.3, -0.25) is 4.79 Å². The number of aromatic nitrogens is 4. The van der Waals surface area contributed by atoms with Crippen molar-refractivity contribution in [2.45, 2.75) is 72.1 Å². The van der Waals surface area contributed by atoms with Crippen LogP contribution in [0.3, 0.4) is 0 Å². The van der Waals surface area contributed by atoms with Crippen LogP contribution in [0.15, 0.2) is 36.7 Å². The Kier molecular flexibility index (Phi) is 8.17. The first kappa shape index (κ1) is 28.0. The molecule has 4 rings (SSSR count). The molecule has 1 atom stereocenters. The summed E-state index contributed by atoms with van der Waals surface area (Å²) in [7, 11) is 0. The van der Waals surface area contributed by atoms with Gasteiger partial charge in [0.25, 0.3) is 5.91 Å². The third kappa shape index (κ3) is 6.90. The summed E-state index contributed by atoms with van der Waals surface area (Å²) in [4.78, 5) is 39.7. The molecule has 2 N–H and O–H groups in total. The highest BCUT2D eigenvalue weighted by atomic mass is 19.1. The number of carbonyl (C=O) groups excluding carboxylic acids is 2. The largest absolute Gasteiger partial charge is 0.444 e. The monoisotopic (exact) mass is 537 g/mol. The van der Waals surface area contributed by atoms with Gasteiger partial charge in [0.2, 0.25) is 5.95 Å². The van der Waals surface area contributed by atoms with E-state index >= 15 is 0 Å². The van der Waals surface area contributed by atoms with Gasteiger partial charge in [0.1, 0.15) is 17.1 Å². The number of hydrogen-bond donors (Lipinski definition) is 2. The van der Waals surface area contributed by atoms with Crippen LogP contribution in [0.5, 0.6) is 0 Å². The molecule has 1 aliphatic heterocycles. The average molecular weight is 538 g/mol. The van der Waals surface area contributed by atoms with E-state index in [1.54, 1.807) is 35.4 Å². The summed E-state index contributed by atoms with van der Waals surface area (Å²) in [6.07, 6.45) is 3.93. The summed E-state index contributed by atoms with van der Waals surface area (Å²) in [6.45, 7) is 12.4. The summed E-state index contributed by atoms with van der Waals surface area (Å²) in [5.74, 6) is 0.229. The number of aryl methyl sites for hydroxylation is 1. The molecular weight excluding hydrogens is 501 g/mol. The summed E-state index contributed by atoms with van der Waals surface area (Å²) in [5.41, 5.74) is 1.29. The Hall–Kier alpha value is -4.02. The van der Waals surface area contributed by atoms with Crippen LogP contribution in [0.2, 0.25) is 0 Å². The van der Waals surface area contributed by atoms with E-state index in [1.807, 2.05) is 46.1 Å². The number of benzene rings is 1. The fraction of sp³-hybridized carbons (Fsp3) is 0.464. The van der Waals surface area contributed by atoms with E-state index in [0.29, 0.717) is 30.0 Å². The maximum Gasteiger partial charge on any atom is 0.410 e. The molecule has 2 aromatic heterocycles. The fourth-order valence-corrected chi connectivity index (χ4v) is 4.58. The van der Waals surface area contributed by atoms with Gasteiger partial charge in [-0.1, -0.05) is 0 Å². The second-order valence-electron chi connectivity index (χ2n) is 11.0. The Morgan fingerprint density at radius 2 is 1.85 bits per heavy atom. The number of piperidine rings is 1. The summed E-state index contributed by atoms with van der Waals surface area (Å²) in [6, 6.07) is 6.77. The molecule has 0 aliphatic carbocycles. The minimum Gasteiger partial charge on any atom is -0.444 e. The molecule has 1 aliphatic rings. The second-order valence-corrected chi connectivity index (χ2v) is 11.0. The third-order valence-corrected chi connectivity index (χ3v) is 6.30. The third-order valence-electron chi connectivity index (χ3n) is 6.30. The van der Waals surface area contributed by atoms with E-state index in [0.717, 1.165) is 24.9 Å². The number of amides is 2. The zero-order valence-electron chi connectivity index (χ0n) is 23.3. The topological polar surface area (TPSA) is 114 Å². The first-order valence-corrected chi connectivity index (χ1v) is 13.1. The molecule has 1 fully saturated rings. The van der Waals surface area contributed by atoms with Crippen LogP contribution in [0.25, 0.3) is 11.4 Å². The van der Waals surface area contributed by atoms with Crippen LogP contribution >= 0.6 is 0 Å². The van der Waals surface area contributed by atoms with E-state index in [1.165, 1.54) is 0 Å². The number of nitrogens with one attached hydrogen (secondary N) is 2. The molecule has 0 saturated carbocycles. The van der Waals surface area contributed by atoms with Gasteiger partial charge in [-0.25, -0.2) is 24.1 Å². The van der Waals surface area contributed by atoms with Crippen molar-refractivity contribution in [3.63, 3.8) is 0 Å². The standard InChI is InChI=1S/C28H36FN7O3/c1-17(2)36-18(3)30-15-23(36)24-22(29)14-31-26(34-24)33-20-11-9-19(10-12-20)25(37)32-21-8-7-13-35(16-21)27(38)39-28(4,5)6/h9-12,14-15,17,21H,7-8,13,16H2,1-6H3,(H,32,37)(H,31,33,34). The number of anilines is 2. The number of rotatable bonds is 6. The lowest BCUT2D eigenvalue weighted by Gasteiger charge is -2.34. The van der Waals surface area contributed by atoms with Gasteiger partial charge in [-0.2, -0.15) is 0 Å². The average Bonchev–Trinajstić information content (AvgIpc) is 3.26. The predicted octanol–water partition coefficient (Wildman–Crippen LogP) is 5.24. The summed E-state index contributed by atoms with van der Waals surface area (Å²) < 4.78 is 22.0. The van der Waals surface area contributed by atoms with Crippen molar-refractivity contribution in [3.8, 4) is 11.4 Å². The Balaban J connectivity index is 1.40. The number of likely N-dealkylation sites (tertiary alicyclic amines) is 1. The van der Waals surface area contributed by atoms with Crippen molar-refractivity contribution >= 4 is 23.6 Å². The second kappa shape index (κ2) is 11.4. The zero-order valence-corrected chi connectivity index (χ0v) is 23.3. The van der Waals surface area contributed by atoms with Gasteiger partial charge in [0, 0.05) is 36.4 Å². The number of nitrogens with zero attached hydrogens (tertiary/aromatic N) is 5. The minimum absolute atomic E-state index is 0.0842. The van der Waals surface area contributed by atoms with Crippen molar-refractivity contribution in [3.05, 3.63) is 53.9 Å². The van der Waals surface area contributed by atoms with Gasteiger partial charge in [0.15, 0.2) is 5.82 Å². The van der Waals surface area contributed by atoms with Crippen molar-refractivity contribution in [2.24, 2.45) is 0 Å². The number of halogens is 1. The van der Waals surface area contributed by atoms with Gasteiger partial charge in [-0.15, -0.1) is 0 Å². The lowest BCUT2D eigenvalue weighted by atomic mass is 10.1. The van der Waals surface area contributed by atoms with Crippen molar-refractivity contribution in [1.29, 1.82) is 0 Å². The van der Waals surface area contributed by atoms with Crippen LogP contribution in [0, 0.1) is 12.7 Å². The van der Waals surface area contributed by atoms with E-state index in [-0.39, 0.29) is 35.7 Å². The van der Waals surface area contributed by atoms with E-state index < -0.39 is 11.4 Å². The Bertz CT molecular complexity index is 1330. The SMILES string of the molecule is Cc1ncc(-c2nc(Nc3ccc(C(=O)NC4CCCN(C(=O)OC(C)(C)C)C4)cc3)ncc2F)n1C(C)C. The molecule has 1 aromatic carbocycles. The predicted molar refractivity (Wildman–Crippen MR) is 146 cm³/mol.